The van der Waals surface area contributed by atoms with Crippen LogP contribution in [0, 0.1) is 5.92 Å². The highest BCUT2D eigenvalue weighted by atomic mass is 32.2. The standard InChI is InChI=1S/C18H23N3O2S/c1-3-21-10-9-14-15(11-21)24-18(19-12(2)22)16(14)17(23)20-13-7-5-4-6-8-13/h4-8,16,18H,3,9-11H2,1-2H3,(H,19,22)(H,20,23). The number of hydrogen-bond donors (Lipinski definition) is 2. The third-order valence-corrected chi connectivity index (χ3v) is 5.81. The maximum absolute atomic E-state index is 12.9. The maximum Gasteiger partial charge on any atom is 0.234 e. The van der Waals surface area contributed by atoms with Crippen LogP contribution in [-0.2, 0) is 9.59 Å². The van der Waals surface area contributed by atoms with Gasteiger partial charge in [-0.25, -0.2) is 0 Å². The minimum absolute atomic E-state index is 0.0394. The molecule has 0 aromatic heterocycles. The molecule has 2 atom stereocenters. The summed E-state index contributed by atoms with van der Waals surface area (Å²) in [6.07, 6.45) is 0.888. The number of thioether (sulfide) groups is 1. The van der Waals surface area contributed by atoms with Crippen LogP contribution in [0.1, 0.15) is 20.3 Å². The van der Waals surface area contributed by atoms with Crippen LogP contribution >= 0.6 is 11.8 Å². The Bertz CT molecular complexity index is 659. The Hall–Kier alpha value is -1.79. The van der Waals surface area contributed by atoms with Gasteiger partial charge in [0.2, 0.25) is 11.8 Å². The van der Waals surface area contributed by atoms with E-state index in [2.05, 4.69) is 22.5 Å². The van der Waals surface area contributed by atoms with E-state index in [0.717, 1.165) is 31.7 Å². The van der Waals surface area contributed by atoms with Crippen molar-refractivity contribution in [3.63, 3.8) is 0 Å². The van der Waals surface area contributed by atoms with E-state index in [1.165, 1.54) is 17.4 Å². The van der Waals surface area contributed by atoms with Gasteiger partial charge in [-0.1, -0.05) is 25.1 Å². The normalized spacial score (nSPS) is 23.8. The summed E-state index contributed by atoms with van der Waals surface area (Å²) in [4.78, 5) is 28.1. The van der Waals surface area contributed by atoms with Crippen molar-refractivity contribution < 1.29 is 9.59 Å². The van der Waals surface area contributed by atoms with Crippen LogP contribution in [0.25, 0.3) is 0 Å². The first-order chi connectivity index (χ1) is 11.6. The van der Waals surface area contributed by atoms with E-state index < -0.39 is 0 Å². The van der Waals surface area contributed by atoms with Gasteiger partial charge in [-0.3, -0.25) is 14.5 Å². The molecule has 3 rings (SSSR count). The molecule has 2 amide bonds. The lowest BCUT2D eigenvalue weighted by atomic mass is 9.92. The molecule has 2 aliphatic heterocycles. The first-order valence-electron chi connectivity index (χ1n) is 8.32. The minimum atomic E-state index is -0.298. The Kier molecular flexibility index (Phi) is 5.26. The van der Waals surface area contributed by atoms with E-state index in [4.69, 9.17) is 0 Å². The van der Waals surface area contributed by atoms with Crippen molar-refractivity contribution in [2.75, 3.05) is 25.0 Å². The Morgan fingerprint density at radius 2 is 2.04 bits per heavy atom. The minimum Gasteiger partial charge on any atom is -0.343 e. The number of amides is 2. The molecule has 2 N–H and O–H groups in total. The smallest absolute Gasteiger partial charge is 0.234 e. The zero-order valence-electron chi connectivity index (χ0n) is 14.0. The summed E-state index contributed by atoms with van der Waals surface area (Å²) in [5, 5.41) is 5.73. The van der Waals surface area contributed by atoms with Crippen molar-refractivity contribution in [1.82, 2.24) is 10.2 Å². The molecule has 0 saturated heterocycles. The number of hydrogen-bond acceptors (Lipinski definition) is 4. The average Bonchev–Trinajstić information content (AvgIpc) is 2.91. The van der Waals surface area contributed by atoms with Crippen LogP contribution < -0.4 is 10.6 Å². The molecule has 0 radical (unpaired) electrons. The Morgan fingerprint density at radius 1 is 1.29 bits per heavy atom. The summed E-state index contributed by atoms with van der Waals surface area (Å²) in [5.41, 5.74) is 1.98. The molecule has 6 heteroatoms. The Morgan fingerprint density at radius 3 is 2.71 bits per heavy atom. The second kappa shape index (κ2) is 7.40. The van der Waals surface area contributed by atoms with Crippen molar-refractivity contribution in [2.45, 2.75) is 25.6 Å². The van der Waals surface area contributed by atoms with Crippen molar-refractivity contribution >= 4 is 29.3 Å². The zero-order valence-corrected chi connectivity index (χ0v) is 14.9. The summed E-state index contributed by atoms with van der Waals surface area (Å²) in [7, 11) is 0. The summed E-state index contributed by atoms with van der Waals surface area (Å²) in [6.45, 7) is 6.50. The molecule has 2 unspecified atom stereocenters. The van der Waals surface area contributed by atoms with Crippen LogP contribution in [0.15, 0.2) is 40.8 Å². The number of nitrogens with one attached hydrogen (secondary N) is 2. The van der Waals surface area contributed by atoms with Gasteiger partial charge in [0.25, 0.3) is 0 Å². The van der Waals surface area contributed by atoms with Crippen molar-refractivity contribution in [3.8, 4) is 0 Å². The fourth-order valence-electron chi connectivity index (χ4n) is 3.27. The van der Waals surface area contributed by atoms with Gasteiger partial charge in [-0.15, -0.1) is 11.8 Å². The molecule has 128 valence electrons. The third kappa shape index (κ3) is 3.65. The number of rotatable bonds is 4. The van der Waals surface area contributed by atoms with Crippen LogP contribution in [0.2, 0.25) is 0 Å². The van der Waals surface area contributed by atoms with E-state index in [1.54, 1.807) is 11.8 Å². The second-order valence-corrected chi connectivity index (χ2v) is 7.38. The molecule has 1 aromatic carbocycles. The van der Waals surface area contributed by atoms with E-state index in [-0.39, 0.29) is 23.1 Å². The van der Waals surface area contributed by atoms with Gasteiger partial charge in [-0.2, -0.15) is 0 Å². The highest BCUT2D eigenvalue weighted by Crippen LogP contribution is 2.45. The Balaban J connectivity index is 1.81. The highest BCUT2D eigenvalue weighted by Gasteiger charge is 2.42. The molecule has 0 fully saturated rings. The lowest BCUT2D eigenvalue weighted by Gasteiger charge is -2.27. The van der Waals surface area contributed by atoms with Crippen LogP contribution in [0.4, 0.5) is 5.69 Å². The van der Waals surface area contributed by atoms with Gasteiger partial charge >= 0.3 is 0 Å². The molecular weight excluding hydrogens is 322 g/mol. The summed E-state index contributed by atoms with van der Waals surface area (Å²) in [6, 6.07) is 9.47. The topological polar surface area (TPSA) is 61.4 Å². The predicted molar refractivity (Wildman–Crippen MR) is 97.5 cm³/mol. The number of carbonyl (C=O) groups is 2. The number of anilines is 1. The molecule has 0 saturated carbocycles. The zero-order chi connectivity index (χ0) is 17.1. The quantitative estimate of drug-likeness (QED) is 0.880. The maximum atomic E-state index is 12.9. The van der Waals surface area contributed by atoms with Crippen molar-refractivity contribution in [1.29, 1.82) is 0 Å². The molecule has 2 aliphatic rings. The number of para-hydroxylation sites is 1. The van der Waals surface area contributed by atoms with E-state index in [1.807, 2.05) is 30.3 Å². The molecular formula is C18H23N3O2S. The number of carbonyl (C=O) groups excluding carboxylic acids is 2. The number of nitrogens with zero attached hydrogens (tertiary/aromatic N) is 1. The highest BCUT2D eigenvalue weighted by molar-refractivity contribution is 8.04. The molecule has 1 aromatic rings. The fraction of sp³-hybridized carbons (Fsp3) is 0.444. The summed E-state index contributed by atoms with van der Waals surface area (Å²) in [5.74, 6) is -0.437. The van der Waals surface area contributed by atoms with Crippen LogP contribution in [0.5, 0.6) is 0 Å². The van der Waals surface area contributed by atoms with Crippen LogP contribution in [0.3, 0.4) is 0 Å². The molecule has 2 heterocycles. The molecule has 5 nitrogen and oxygen atoms in total. The first-order valence-corrected chi connectivity index (χ1v) is 9.20. The van der Waals surface area contributed by atoms with Crippen LogP contribution in [-0.4, -0.2) is 41.7 Å². The molecule has 0 bridgehead atoms. The van der Waals surface area contributed by atoms with E-state index >= 15 is 0 Å². The molecule has 0 spiro atoms. The van der Waals surface area contributed by atoms with E-state index in [9.17, 15) is 9.59 Å². The second-order valence-electron chi connectivity index (χ2n) is 6.14. The SMILES string of the molecule is CCN1CCC2=C(C1)SC(NC(C)=O)C2C(=O)Nc1ccccc1. The number of likely N-dealkylation sites (N-methyl/N-ethyl adjacent to an activating group) is 1. The largest absolute Gasteiger partial charge is 0.343 e. The summed E-state index contributed by atoms with van der Waals surface area (Å²) >= 11 is 1.63. The van der Waals surface area contributed by atoms with Gasteiger partial charge in [-0.05, 0) is 30.7 Å². The third-order valence-electron chi connectivity index (χ3n) is 4.49. The van der Waals surface area contributed by atoms with E-state index in [0.29, 0.717) is 0 Å². The Labute approximate surface area is 146 Å². The number of benzene rings is 1. The fourth-order valence-corrected chi connectivity index (χ4v) is 4.86. The lowest BCUT2D eigenvalue weighted by molar-refractivity contribution is -0.121. The first kappa shape index (κ1) is 17.0. The average molecular weight is 345 g/mol. The van der Waals surface area contributed by atoms with Gasteiger partial charge in [0.05, 0.1) is 11.3 Å². The summed E-state index contributed by atoms with van der Waals surface area (Å²) < 4.78 is 0. The van der Waals surface area contributed by atoms with Crippen molar-refractivity contribution in [3.05, 3.63) is 40.8 Å². The van der Waals surface area contributed by atoms with Gasteiger partial charge < -0.3 is 10.6 Å². The predicted octanol–water partition coefficient (Wildman–Crippen LogP) is 2.43. The monoisotopic (exact) mass is 345 g/mol. The van der Waals surface area contributed by atoms with Gasteiger partial charge in [0, 0.05) is 30.6 Å². The van der Waals surface area contributed by atoms with Gasteiger partial charge in [0.1, 0.15) is 0 Å². The van der Waals surface area contributed by atoms with Crippen molar-refractivity contribution in [2.24, 2.45) is 5.92 Å². The molecule has 0 aliphatic carbocycles. The van der Waals surface area contributed by atoms with Gasteiger partial charge in [0.15, 0.2) is 0 Å². The lowest BCUT2D eigenvalue weighted by Crippen LogP contribution is -2.41. The molecule has 24 heavy (non-hydrogen) atoms.